The molecule has 1 aromatic rings. The van der Waals surface area contributed by atoms with Crippen molar-refractivity contribution in [1.29, 1.82) is 0 Å². The maximum absolute atomic E-state index is 11.6. The first-order valence-corrected chi connectivity index (χ1v) is 7.94. The molecular formula is C8H11Br2N3O3S. The lowest BCUT2D eigenvalue weighted by Gasteiger charge is -2.08. The summed E-state index contributed by atoms with van der Waals surface area (Å²) in [6.45, 7) is 2.43. The summed E-state index contributed by atoms with van der Waals surface area (Å²) in [6.07, 6.45) is 1.41. The lowest BCUT2D eigenvalue weighted by molar-refractivity contribution is 0.163. The Labute approximate surface area is 116 Å². The van der Waals surface area contributed by atoms with Gasteiger partial charge in [-0.2, -0.15) is 0 Å². The van der Waals surface area contributed by atoms with E-state index in [0.717, 1.165) is 0 Å². The zero-order valence-corrected chi connectivity index (χ0v) is 13.0. The molecule has 9 heteroatoms. The lowest BCUT2D eigenvalue weighted by Crippen LogP contribution is -2.21. The maximum atomic E-state index is 11.6. The number of nitrogens with zero attached hydrogens (tertiary/aromatic N) is 2. The molecule has 0 amide bonds. The highest BCUT2D eigenvalue weighted by molar-refractivity contribution is 9.11. The fraction of sp³-hybridized carbons (Fsp3) is 0.500. The average molecular weight is 389 g/mol. The van der Waals surface area contributed by atoms with E-state index in [1.165, 1.54) is 6.20 Å². The van der Waals surface area contributed by atoms with Gasteiger partial charge in [0.2, 0.25) is 10.0 Å². The highest BCUT2D eigenvalue weighted by Gasteiger charge is 2.14. The first-order valence-electron chi connectivity index (χ1n) is 4.71. The highest BCUT2D eigenvalue weighted by Crippen LogP contribution is 2.20. The Morgan fingerprint density at radius 2 is 2.18 bits per heavy atom. The number of ether oxygens (including phenoxy) is 1. The number of nitrogens with one attached hydrogen (secondary N) is 1. The van der Waals surface area contributed by atoms with E-state index in [4.69, 9.17) is 4.74 Å². The Balaban J connectivity index is 2.69. The number of rotatable bonds is 6. The van der Waals surface area contributed by atoms with E-state index in [1.54, 1.807) is 6.92 Å². The molecule has 0 spiro atoms. The smallest absolute Gasteiger partial charge is 0.236 e. The van der Waals surface area contributed by atoms with Crippen molar-refractivity contribution in [1.82, 2.24) is 9.97 Å². The second kappa shape index (κ2) is 6.62. The largest absolute Gasteiger partial charge is 0.381 e. The van der Waals surface area contributed by atoms with Crippen molar-refractivity contribution < 1.29 is 13.2 Å². The van der Waals surface area contributed by atoms with Gasteiger partial charge in [-0.3, -0.25) is 4.72 Å². The molecule has 0 fully saturated rings. The second-order valence-corrected chi connectivity index (χ2v) is 6.36. The Bertz CT molecular complexity index is 481. The SMILES string of the molecule is CCOCCS(=O)(=O)Nc1ncc(Br)nc1Br. The third-order valence-electron chi connectivity index (χ3n) is 1.65. The van der Waals surface area contributed by atoms with Crippen LogP contribution in [0.25, 0.3) is 0 Å². The highest BCUT2D eigenvalue weighted by atomic mass is 79.9. The molecule has 0 aliphatic rings. The fourth-order valence-electron chi connectivity index (χ4n) is 0.926. The van der Waals surface area contributed by atoms with Gasteiger partial charge in [0.05, 0.1) is 18.6 Å². The summed E-state index contributed by atoms with van der Waals surface area (Å²) in [5, 5.41) is 0. The summed E-state index contributed by atoms with van der Waals surface area (Å²) in [6, 6.07) is 0. The summed E-state index contributed by atoms with van der Waals surface area (Å²) in [7, 11) is -3.47. The molecule has 1 heterocycles. The molecule has 17 heavy (non-hydrogen) atoms. The number of aromatic nitrogens is 2. The Morgan fingerprint density at radius 3 is 2.76 bits per heavy atom. The van der Waals surface area contributed by atoms with Crippen LogP contribution in [-0.2, 0) is 14.8 Å². The van der Waals surface area contributed by atoms with E-state index in [-0.39, 0.29) is 18.2 Å². The number of halogens is 2. The molecule has 96 valence electrons. The van der Waals surface area contributed by atoms with Crippen LogP contribution in [0.3, 0.4) is 0 Å². The molecule has 1 N–H and O–H groups in total. The van der Waals surface area contributed by atoms with Gasteiger partial charge in [-0.15, -0.1) is 0 Å². The van der Waals surface area contributed by atoms with Gasteiger partial charge in [0, 0.05) is 6.61 Å². The van der Waals surface area contributed by atoms with Gasteiger partial charge in [-0.05, 0) is 38.8 Å². The van der Waals surface area contributed by atoms with Crippen LogP contribution in [0.15, 0.2) is 15.4 Å². The first kappa shape index (κ1) is 14.8. The molecule has 0 atom stereocenters. The first-order chi connectivity index (χ1) is 7.94. The molecule has 0 aromatic carbocycles. The zero-order valence-electron chi connectivity index (χ0n) is 8.98. The molecule has 6 nitrogen and oxygen atoms in total. The lowest BCUT2D eigenvalue weighted by atomic mass is 10.7. The number of anilines is 1. The molecule has 1 rings (SSSR count). The van der Waals surface area contributed by atoms with Gasteiger partial charge in [0.15, 0.2) is 10.4 Å². The molecular weight excluding hydrogens is 378 g/mol. The van der Waals surface area contributed by atoms with Gasteiger partial charge in [0.25, 0.3) is 0 Å². The van der Waals surface area contributed by atoms with Crippen LogP contribution in [-0.4, -0.2) is 37.4 Å². The monoisotopic (exact) mass is 387 g/mol. The zero-order chi connectivity index (χ0) is 12.9. The van der Waals surface area contributed by atoms with Gasteiger partial charge >= 0.3 is 0 Å². The third kappa shape index (κ3) is 5.28. The van der Waals surface area contributed by atoms with Crippen LogP contribution in [0.2, 0.25) is 0 Å². The van der Waals surface area contributed by atoms with E-state index >= 15 is 0 Å². The van der Waals surface area contributed by atoms with E-state index in [0.29, 0.717) is 15.8 Å². The Hall–Kier alpha value is -0.250. The molecule has 0 bridgehead atoms. The topological polar surface area (TPSA) is 81.2 Å². The van der Waals surface area contributed by atoms with Crippen molar-refractivity contribution in [2.75, 3.05) is 23.7 Å². The van der Waals surface area contributed by atoms with Crippen LogP contribution in [0.4, 0.5) is 5.82 Å². The summed E-state index contributed by atoms with van der Waals surface area (Å²) in [5.41, 5.74) is 0. The minimum atomic E-state index is -3.47. The van der Waals surface area contributed by atoms with Crippen LogP contribution in [0.5, 0.6) is 0 Å². The van der Waals surface area contributed by atoms with Crippen LogP contribution >= 0.6 is 31.9 Å². The minimum Gasteiger partial charge on any atom is -0.381 e. The molecule has 0 saturated heterocycles. The fourth-order valence-corrected chi connectivity index (χ4v) is 2.85. The number of hydrogen-bond acceptors (Lipinski definition) is 5. The van der Waals surface area contributed by atoms with Gasteiger partial charge in [-0.25, -0.2) is 18.4 Å². The molecule has 0 aliphatic heterocycles. The summed E-state index contributed by atoms with van der Waals surface area (Å²) >= 11 is 6.25. The molecule has 0 radical (unpaired) electrons. The predicted octanol–water partition coefficient (Wildman–Crippen LogP) is 1.78. The predicted molar refractivity (Wildman–Crippen MR) is 71.3 cm³/mol. The van der Waals surface area contributed by atoms with Crippen LogP contribution in [0.1, 0.15) is 6.92 Å². The Kier molecular flexibility index (Phi) is 5.77. The van der Waals surface area contributed by atoms with Crippen molar-refractivity contribution in [3.63, 3.8) is 0 Å². The van der Waals surface area contributed by atoms with Crippen molar-refractivity contribution in [3.05, 3.63) is 15.4 Å². The number of sulfonamides is 1. The summed E-state index contributed by atoms with van der Waals surface area (Å²) in [5.74, 6) is 0.0371. The summed E-state index contributed by atoms with van der Waals surface area (Å²) in [4.78, 5) is 7.87. The molecule has 0 unspecified atom stereocenters. The van der Waals surface area contributed by atoms with Gasteiger partial charge < -0.3 is 4.74 Å². The van der Waals surface area contributed by atoms with Crippen molar-refractivity contribution in [2.24, 2.45) is 0 Å². The number of hydrogen-bond donors (Lipinski definition) is 1. The van der Waals surface area contributed by atoms with Gasteiger partial charge in [0.1, 0.15) is 4.60 Å². The van der Waals surface area contributed by atoms with Crippen LogP contribution in [0, 0.1) is 0 Å². The molecule has 0 saturated carbocycles. The van der Waals surface area contributed by atoms with Crippen molar-refractivity contribution >= 4 is 47.7 Å². The van der Waals surface area contributed by atoms with E-state index in [9.17, 15) is 8.42 Å². The van der Waals surface area contributed by atoms with E-state index < -0.39 is 10.0 Å². The second-order valence-electron chi connectivity index (χ2n) is 2.95. The van der Waals surface area contributed by atoms with Crippen LogP contribution < -0.4 is 4.72 Å². The van der Waals surface area contributed by atoms with Crippen molar-refractivity contribution in [2.45, 2.75) is 6.92 Å². The average Bonchev–Trinajstić information content (AvgIpc) is 2.22. The van der Waals surface area contributed by atoms with E-state index in [1.807, 2.05) is 0 Å². The Morgan fingerprint density at radius 1 is 1.47 bits per heavy atom. The van der Waals surface area contributed by atoms with E-state index in [2.05, 4.69) is 46.5 Å². The maximum Gasteiger partial charge on any atom is 0.236 e. The van der Waals surface area contributed by atoms with Crippen molar-refractivity contribution in [3.8, 4) is 0 Å². The third-order valence-corrected chi connectivity index (χ3v) is 3.80. The summed E-state index contributed by atoms with van der Waals surface area (Å²) < 4.78 is 31.4. The standard InChI is InChI=1S/C8H11Br2N3O3S/c1-2-16-3-4-17(14,15)13-8-7(10)12-6(9)5-11-8/h5H,2-4H2,1H3,(H,11,13). The molecule has 0 aliphatic carbocycles. The normalized spacial score (nSPS) is 11.5. The van der Waals surface area contributed by atoms with Gasteiger partial charge in [-0.1, -0.05) is 0 Å². The quantitative estimate of drug-likeness (QED) is 0.751. The minimum absolute atomic E-state index is 0.120. The molecule has 1 aromatic heterocycles.